The molecule has 1 aliphatic heterocycles. The monoisotopic (exact) mass is 386 g/mol. The second-order valence-electron chi connectivity index (χ2n) is 6.32. The molecule has 28 heavy (non-hydrogen) atoms. The van der Waals surface area contributed by atoms with Crippen molar-refractivity contribution in [1.82, 2.24) is 24.9 Å². The van der Waals surface area contributed by atoms with Crippen molar-refractivity contribution in [3.63, 3.8) is 0 Å². The highest BCUT2D eigenvalue weighted by Crippen LogP contribution is 2.19. The van der Waals surface area contributed by atoms with E-state index in [-0.39, 0.29) is 5.82 Å². The summed E-state index contributed by atoms with van der Waals surface area (Å²) in [5.41, 5.74) is 2.11. The lowest BCUT2D eigenvalue weighted by molar-refractivity contribution is -0.109. The highest BCUT2D eigenvalue weighted by molar-refractivity contribution is 5.52. The molecule has 4 rings (SSSR count). The van der Waals surface area contributed by atoms with Gasteiger partial charge in [-0.25, -0.2) is 13.9 Å². The molecule has 1 N–H and O–H groups in total. The number of aromatic nitrogens is 4. The van der Waals surface area contributed by atoms with Crippen molar-refractivity contribution in [2.45, 2.75) is 33.1 Å². The molecule has 8 heteroatoms. The van der Waals surface area contributed by atoms with Gasteiger partial charge in [-0.3, -0.25) is 9.78 Å². The van der Waals surface area contributed by atoms with E-state index in [1.165, 1.54) is 31.3 Å². The molecule has 150 valence electrons. The molecule has 1 aliphatic rings. The number of anilines is 1. The Bertz CT molecular complexity index is 833. The summed E-state index contributed by atoms with van der Waals surface area (Å²) >= 11 is 0. The number of pyridine rings is 1. The number of rotatable bonds is 4. The molecule has 0 aromatic carbocycles. The normalized spacial score (nSPS) is 12.6. The highest BCUT2D eigenvalue weighted by Gasteiger charge is 2.14. The van der Waals surface area contributed by atoms with E-state index in [1.54, 1.807) is 6.07 Å². The number of hydrogen-bond donors (Lipinski definition) is 1. The maximum atomic E-state index is 11.8. The van der Waals surface area contributed by atoms with Crippen LogP contribution in [0.2, 0.25) is 0 Å². The number of nitrogens with zero attached hydrogens (tertiary/aromatic N) is 5. The summed E-state index contributed by atoms with van der Waals surface area (Å²) in [6, 6.07) is 4.95. The number of hydrogen-bond acceptors (Lipinski definition) is 5. The second kappa shape index (κ2) is 11.6. The van der Waals surface area contributed by atoms with E-state index in [4.69, 9.17) is 0 Å². The lowest BCUT2D eigenvalue weighted by Crippen LogP contribution is -2.19. The van der Waals surface area contributed by atoms with E-state index in [2.05, 4.69) is 25.3 Å². The van der Waals surface area contributed by atoms with Crippen LogP contribution in [0.5, 0.6) is 0 Å². The van der Waals surface area contributed by atoms with Crippen molar-refractivity contribution < 1.29 is 9.18 Å². The third kappa shape index (κ3) is 6.61. The zero-order valence-electron chi connectivity index (χ0n) is 16.4. The first-order valence-electron chi connectivity index (χ1n) is 9.44. The molecule has 0 spiro atoms. The van der Waals surface area contributed by atoms with Gasteiger partial charge in [0.05, 0.1) is 12.4 Å². The quantitative estimate of drug-likeness (QED) is 0.551. The molecule has 1 amide bonds. The van der Waals surface area contributed by atoms with Gasteiger partial charge in [0.25, 0.3) is 0 Å². The minimum absolute atomic E-state index is 0.289. The Hall–Kier alpha value is -3.03. The van der Waals surface area contributed by atoms with Crippen LogP contribution in [0.25, 0.3) is 5.65 Å². The highest BCUT2D eigenvalue weighted by atomic mass is 19.1. The predicted octanol–water partition coefficient (Wildman–Crippen LogP) is 3.00. The van der Waals surface area contributed by atoms with Crippen LogP contribution >= 0.6 is 0 Å². The minimum atomic E-state index is -0.289. The van der Waals surface area contributed by atoms with Crippen LogP contribution in [0.1, 0.15) is 31.7 Å². The fourth-order valence-electron chi connectivity index (χ4n) is 2.64. The van der Waals surface area contributed by atoms with E-state index in [1.807, 2.05) is 36.8 Å². The van der Waals surface area contributed by atoms with Gasteiger partial charge in [0.1, 0.15) is 11.6 Å². The summed E-state index contributed by atoms with van der Waals surface area (Å²) in [5.74, 6) is 0.797. The summed E-state index contributed by atoms with van der Waals surface area (Å²) in [6.07, 6.45) is 10.8. The standard InChI is InChI=1S/C11H14N4.C5H4FN.C4H9NO/c1-9-8-12-15-7-4-10(13-11(9)15)14-5-2-3-6-14;6-5-2-1-3-7-4-5;1-2-3-5-4-6/h4,7-8H,2-3,5-6H2,1H3;1-4H;4H,2-3H2,1H3,(H,5,6). The predicted molar refractivity (Wildman–Crippen MR) is 108 cm³/mol. The van der Waals surface area contributed by atoms with Gasteiger partial charge in [-0.15, -0.1) is 0 Å². The minimum Gasteiger partial charge on any atom is -0.359 e. The van der Waals surface area contributed by atoms with Crippen molar-refractivity contribution in [2.75, 3.05) is 24.5 Å². The number of carbonyl (C=O) groups excluding carboxylic acids is 1. The molecule has 1 fully saturated rings. The van der Waals surface area contributed by atoms with Crippen LogP contribution < -0.4 is 10.2 Å². The summed E-state index contributed by atoms with van der Waals surface area (Å²) in [6.45, 7) is 7.12. The number of carbonyl (C=O) groups is 1. The molecule has 3 aromatic heterocycles. The molecule has 0 atom stereocenters. The van der Waals surface area contributed by atoms with Crippen molar-refractivity contribution in [3.05, 3.63) is 54.4 Å². The first-order valence-corrected chi connectivity index (χ1v) is 9.44. The Morgan fingerprint density at radius 3 is 2.57 bits per heavy atom. The number of aryl methyl sites for hydroxylation is 1. The first kappa shape index (κ1) is 21.3. The van der Waals surface area contributed by atoms with Crippen LogP contribution in [0.3, 0.4) is 0 Å². The average molecular weight is 386 g/mol. The van der Waals surface area contributed by atoms with Crippen molar-refractivity contribution in [1.29, 1.82) is 0 Å². The molecule has 3 aromatic rings. The lowest BCUT2D eigenvalue weighted by Gasteiger charge is -2.15. The Kier molecular flexibility index (Phi) is 8.84. The Labute approximate surface area is 164 Å². The molecule has 0 bridgehead atoms. The summed E-state index contributed by atoms with van der Waals surface area (Å²) in [7, 11) is 0. The van der Waals surface area contributed by atoms with Crippen LogP contribution in [0.4, 0.5) is 10.2 Å². The average Bonchev–Trinajstić information content (AvgIpc) is 3.38. The lowest BCUT2D eigenvalue weighted by atomic mass is 10.4. The van der Waals surface area contributed by atoms with Crippen LogP contribution in [0, 0.1) is 12.7 Å². The summed E-state index contributed by atoms with van der Waals surface area (Å²) < 4.78 is 13.7. The maximum absolute atomic E-state index is 11.8. The molecular weight excluding hydrogens is 359 g/mol. The number of fused-ring (bicyclic) bond motifs is 1. The molecule has 1 saturated heterocycles. The third-order valence-electron chi connectivity index (χ3n) is 4.06. The molecule has 4 heterocycles. The molecular formula is C20H27FN6O. The fourth-order valence-corrected chi connectivity index (χ4v) is 2.64. The smallest absolute Gasteiger partial charge is 0.207 e. The van der Waals surface area contributed by atoms with Gasteiger partial charge in [-0.05, 0) is 44.4 Å². The largest absolute Gasteiger partial charge is 0.359 e. The Balaban J connectivity index is 0.000000181. The number of nitrogens with one attached hydrogen (secondary N) is 1. The maximum Gasteiger partial charge on any atom is 0.207 e. The van der Waals surface area contributed by atoms with E-state index in [9.17, 15) is 9.18 Å². The van der Waals surface area contributed by atoms with Gasteiger partial charge in [-0.2, -0.15) is 5.10 Å². The van der Waals surface area contributed by atoms with Crippen molar-refractivity contribution >= 4 is 17.9 Å². The van der Waals surface area contributed by atoms with Gasteiger partial charge in [0.2, 0.25) is 6.41 Å². The summed E-state index contributed by atoms with van der Waals surface area (Å²) in [4.78, 5) is 19.9. The van der Waals surface area contributed by atoms with Crippen molar-refractivity contribution in [2.24, 2.45) is 0 Å². The number of amides is 1. The van der Waals surface area contributed by atoms with Gasteiger partial charge < -0.3 is 10.2 Å². The molecule has 0 unspecified atom stereocenters. The Morgan fingerprint density at radius 2 is 2.04 bits per heavy atom. The third-order valence-corrected chi connectivity index (χ3v) is 4.06. The topological polar surface area (TPSA) is 75.4 Å². The van der Waals surface area contributed by atoms with E-state index in [0.29, 0.717) is 6.41 Å². The molecule has 0 radical (unpaired) electrons. The van der Waals surface area contributed by atoms with Crippen LogP contribution in [-0.2, 0) is 4.79 Å². The van der Waals surface area contributed by atoms with Gasteiger partial charge in [-0.1, -0.05) is 6.92 Å². The zero-order valence-corrected chi connectivity index (χ0v) is 16.4. The fraction of sp³-hybridized carbons (Fsp3) is 0.400. The van der Waals surface area contributed by atoms with Crippen LogP contribution in [-0.4, -0.2) is 45.6 Å². The molecule has 7 nitrogen and oxygen atoms in total. The van der Waals surface area contributed by atoms with Gasteiger partial charge >= 0.3 is 0 Å². The van der Waals surface area contributed by atoms with Gasteiger partial charge in [0, 0.05) is 37.6 Å². The number of halogens is 1. The summed E-state index contributed by atoms with van der Waals surface area (Å²) in [5, 5.41) is 6.74. The SMILES string of the molecule is CCCNC=O.Cc1cnn2ccc(N3CCCC3)nc12.Fc1cccnc1. The zero-order chi connectivity index (χ0) is 20.2. The van der Waals surface area contributed by atoms with E-state index < -0.39 is 0 Å². The van der Waals surface area contributed by atoms with E-state index >= 15 is 0 Å². The molecule has 0 aliphatic carbocycles. The second-order valence-corrected chi connectivity index (χ2v) is 6.32. The van der Waals surface area contributed by atoms with Gasteiger partial charge in [0.15, 0.2) is 5.65 Å². The van der Waals surface area contributed by atoms with E-state index in [0.717, 1.165) is 43.1 Å². The van der Waals surface area contributed by atoms with Crippen LogP contribution in [0.15, 0.2) is 43.0 Å². The first-order chi connectivity index (χ1) is 13.7. The Morgan fingerprint density at radius 1 is 1.25 bits per heavy atom. The molecule has 0 saturated carbocycles. The van der Waals surface area contributed by atoms with Crippen molar-refractivity contribution in [3.8, 4) is 0 Å².